The number of carboxylic acids is 2. The monoisotopic (exact) mass is 550 g/mol. The summed E-state index contributed by atoms with van der Waals surface area (Å²) in [5.74, 6) is -1.99. The van der Waals surface area contributed by atoms with Crippen molar-refractivity contribution < 1.29 is 19.8 Å². The van der Waals surface area contributed by atoms with Crippen molar-refractivity contribution in [3.63, 3.8) is 0 Å². The highest BCUT2D eigenvalue weighted by molar-refractivity contribution is 5.89. The van der Waals surface area contributed by atoms with Crippen LogP contribution in [0.2, 0.25) is 0 Å². The Morgan fingerprint density at radius 1 is 0.429 bits per heavy atom. The molecule has 42 heavy (non-hydrogen) atoms. The van der Waals surface area contributed by atoms with Crippen LogP contribution in [0.5, 0.6) is 0 Å². The average Bonchev–Trinajstić information content (AvgIpc) is 3.05. The number of aromatic nitrogens is 4. The molecule has 0 aliphatic carbocycles. The molecule has 0 aliphatic heterocycles. The first kappa shape index (κ1) is 26.2. The van der Waals surface area contributed by atoms with Crippen molar-refractivity contribution in [2.75, 3.05) is 0 Å². The number of nitrogens with zero attached hydrogens (tertiary/aromatic N) is 4. The predicted octanol–water partition coefficient (Wildman–Crippen LogP) is 7.00. The number of hydrogen-bond donors (Lipinski definition) is 2. The van der Waals surface area contributed by atoms with Crippen LogP contribution in [0.15, 0.2) is 122 Å². The Balaban J connectivity index is 1.55. The first-order valence-corrected chi connectivity index (χ1v) is 13.0. The van der Waals surface area contributed by atoms with E-state index in [1.54, 1.807) is 60.9 Å². The van der Waals surface area contributed by atoms with E-state index < -0.39 is 11.9 Å². The lowest BCUT2D eigenvalue weighted by Gasteiger charge is -2.12. The lowest BCUT2D eigenvalue weighted by Crippen LogP contribution is -1.98. The van der Waals surface area contributed by atoms with Gasteiger partial charge in [-0.1, -0.05) is 36.4 Å². The second-order valence-electron chi connectivity index (χ2n) is 9.45. The van der Waals surface area contributed by atoms with Gasteiger partial charge in [-0.05, 0) is 95.1 Å². The van der Waals surface area contributed by atoms with E-state index in [1.165, 1.54) is 0 Å². The molecule has 0 unspecified atom stereocenters. The van der Waals surface area contributed by atoms with Crippen molar-refractivity contribution in [2.24, 2.45) is 0 Å². The zero-order chi connectivity index (χ0) is 29.1. The third kappa shape index (κ3) is 5.50. The van der Waals surface area contributed by atoms with Crippen molar-refractivity contribution in [3.8, 4) is 56.4 Å². The van der Waals surface area contributed by atoms with Crippen LogP contribution in [0.3, 0.4) is 0 Å². The van der Waals surface area contributed by atoms with E-state index in [9.17, 15) is 19.8 Å². The van der Waals surface area contributed by atoms with Crippen LogP contribution < -0.4 is 0 Å². The van der Waals surface area contributed by atoms with Gasteiger partial charge in [-0.25, -0.2) is 19.6 Å². The molecular formula is C34H22N4O4. The van der Waals surface area contributed by atoms with Gasteiger partial charge in [0.1, 0.15) is 0 Å². The Morgan fingerprint density at radius 2 is 0.786 bits per heavy atom. The fraction of sp³-hybridized carbons (Fsp3) is 0. The number of aromatic carboxylic acids is 2. The van der Waals surface area contributed by atoms with Gasteiger partial charge in [-0.15, -0.1) is 0 Å². The van der Waals surface area contributed by atoms with Gasteiger partial charge >= 0.3 is 11.9 Å². The minimum absolute atomic E-state index is 0.196. The SMILES string of the molecule is O=C(O)c1ccc(-c2cc(-c3ccccn3)nc(-c3cc(-c4ccc(C(=O)O)cc4)cc(-c4ccccn4)n3)c2)cc1. The van der Waals surface area contributed by atoms with Gasteiger partial charge in [-0.3, -0.25) is 9.97 Å². The van der Waals surface area contributed by atoms with Crippen LogP contribution in [0.1, 0.15) is 20.7 Å². The third-order valence-corrected chi connectivity index (χ3v) is 6.70. The first-order valence-electron chi connectivity index (χ1n) is 13.0. The summed E-state index contributed by atoms with van der Waals surface area (Å²) >= 11 is 0. The molecule has 0 amide bonds. The Hall–Kier alpha value is -6.02. The van der Waals surface area contributed by atoms with E-state index in [4.69, 9.17) is 9.97 Å². The van der Waals surface area contributed by atoms with Gasteiger partial charge in [0, 0.05) is 12.4 Å². The second kappa shape index (κ2) is 11.2. The standard InChI is InChI=1S/C34H22N4O4/c39-33(40)23-11-7-21(8-12-23)25-17-29(27-5-1-3-15-35-27)37-31(19-25)32-20-26(22-9-13-24(14-10-22)34(41)42)18-30(38-32)28-6-2-4-16-36-28/h1-20H,(H,39,40)(H,41,42). The molecule has 6 aromatic rings. The van der Waals surface area contributed by atoms with Gasteiger partial charge in [0.05, 0.1) is 45.3 Å². The topological polar surface area (TPSA) is 126 Å². The maximum absolute atomic E-state index is 11.4. The highest BCUT2D eigenvalue weighted by Gasteiger charge is 2.15. The summed E-state index contributed by atoms with van der Waals surface area (Å²) in [5, 5.41) is 18.7. The van der Waals surface area contributed by atoms with Crippen LogP contribution in [0.4, 0.5) is 0 Å². The summed E-state index contributed by atoms with van der Waals surface area (Å²) < 4.78 is 0. The molecule has 8 nitrogen and oxygen atoms in total. The molecule has 0 aliphatic rings. The Labute approximate surface area is 240 Å². The number of hydrogen-bond acceptors (Lipinski definition) is 6. The lowest BCUT2D eigenvalue weighted by molar-refractivity contribution is 0.0686. The minimum atomic E-state index is -0.995. The highest BCUT2D eigenvalue weighted by Crippen LogP contribution is 2.33. The molecular weight excluding hydrogens is 528 g/mol. The van der Waals surface area contributed by atoms with Gasteiger partial charge < -0.3 is 10.2 Å². The highest BCUT2D eigenvalue weighted by atomic mass is 16.4. The Bertz CT molecular complexity index is 1770. The number of carbonyl (C=O) groups is 2. The summed E-state index contributed by atoms with van der Waals surface area (Å²) in [6, 6.07) is 32.1. The van der Waals surface area contributed by atoms with Crippen molar-refractivity contribution in [2.45, 2.75) is 0 Å². The summed E-state index contributed by atoms with van der Waals surface area (Å²) in [4.78, 5) is 41.7. The fourth-order valence-electron chi connectivity index (χ4n) is 4.56. The van der Waals surface area contributed by atoms with E-state index in [-0.39, 0.29) is 11.1 Å². The Morgan fingerprint density at radius 3 is 1.10 bits per heavy atom. The van der Waals surface area contributed by atoms with Crippen molar-refractivity contribution in [3.05, 3.63) is 133 Å². The Kier molecular flexibility index (Phi) is 7.01. The average molecular weight is 551 g/mol. The van der Waals surface area contributed by atoms with E-state index in [0.29, 0.717) is 34.2 Å². The summed E-state index contributed by atoms with van der Waals surface area (Å²) in [6.45, 7) is 0. The number of benzene rings is 2. The molecule has 0 radical (unpaired) electrons. The molecule has 0 bridgehead atoms. The zero-order valence-corrected chi connectivity index (χ0v) is 22.0. The van der Waals surface area contributed by atoms with Crippen LogP contribution in [-0.2, 0) is 0 Å². The molecule has 2 N–H and O–H groups in total. The van der Waals surface area contributed by atoms with Crippen molar-refractivity contribution in [1.82, 2.24) is 19.9 Å². The zero-order valence-electron chi connectivity index (χ0n) is 22.0. The number of carboxylic acid groups (broad SMARTS) is 2. The van der Waals surface area contributed by atoms with Gasteiger partial charge in [0.15, 0.2) is 0 Å². The third-order valence-electron chi connectivity index (χ3n) is 6.70. The molecule has 6 rings (SSSR count). The number of pyridine rings is 4. The fourth-order valence-corrected chi connectivity index (χ4v) is 4.56. The molecule has 4 aromatic heterocycles. The molecule has 0 saturated carbocycles. The molecule has 0 atom stereocenters. The van der Waals surface area contributed by atoms with Gasteiger partial charge in [-0.2, -0.15) is 0 Å². The summed E-state index contributed by atoms with van der Waals surface area (Å²) in [6.07, 6.45) is 3.40. The smallest absolute Gasteiger partial charge is 0.335 e. The van der Waals surface area contributed by atoms with Gasteiger partial charge in [0.25, 0.3) is 0 Å². The van der Waals surface area contributed by atoms with Crippen molar-refractivity contribution >= 4 is 11.9 Å². The van der Waals surface area contributed by atoms with Crippen LogP contribution in [-0.4, -0.2) is 42.1 Å². The van der Waals surface area contributed by atoms with Crippen LogP contribution >= 0.6 is 0 Å². The quantitative estimate of drug-likeness (QED) is 0.218. The maximum atomic E-state index is 11.4. The van der Waals surface area contributed by atoms with Crippen molar-refractivity contribution in [1.29, 1.82) is 0 Å². The molecule has 0 spiro atoms. The molecule has 0 fully saturated rings. The van der Waals surface area contributed by atoms with Gasteiger partial charge in [0.2, 0.25) is 0 Å². The lowest BCUT2D eigenvalue weighted by atomic mass is 9.99. The van der Waals surface area contributed by atoms with E-state index >= 15 is 0 Å². The minimum Gasteiger partial charge on any atom is -0.478 e. The molecule has 2 aromatic carbocycles. The summed E-state index contributed by atoms with van der Waals surface area (Å²) in [5.41, 5.74) is 7.41. The van der Waals surface area contributed by atoms with E-state index in [1.807, 2.05) is 60.7 Å². The molecule has 202 valence electrons. The second-order valence-corrected chi connectivity index (χ2v) is 9.45. The number of rotatable bonds is 7. The summed E-state index contributed by atoms with van der Waals surface area (Å²) in [7, 11) is 0. The van der Waals surface area contributed by atoms with Crippen LogP contribution in [0.25, 0.3) is 56.4 Å². The molecule has 0 saturated heterocycles. The molecule has 4 heterocycles. The molecule has 8 heteroatoms. The normalized spacial score (nSPS) is 10.8. The first-order chi connectivity index (χ1) is 20.4. The van der Waals surface area contributed by atoms with E-state index in [0.717, 1.165) is 22.3 Å². The van der Waals surface area contributed by atoms with Crippen LogP contribution in [0, 0.1) is 0 Å². The predicted molar refractivity (Wildman–Crippen MR) is 159 cm³/mol. The largest absolute Gasteiger partial charge is 0.478 e. The maximum Gasteiger partial charge on any atom is 0.335 e. The van der Waals surface area contributed by atoms with E-state index in [2.05, 4.69) is 9.97 Å².